The Hall–Kier alpha value is -1.07. The van der Waals surface area contributed by atoms with Crippen molar-refractivity contribution in [2.75, 3.05) is 13.1 Å². The SMILES string of the molecule is CCc1nn(C)c(Cl)c1C(=O)N1CCCC(O)C1. The van der Waals surface area contributed by atoms with Gasteiger partial charge in [0.25, 0.3) is 5.91 Å². The Kier molecular flexibility index (Phi) is 3.92. The molecule has 0 spiro atoms. The molecule has 0 radical (unpaired) electrons. The van der Waals surface area contributed by atoms with E-state index in [1.807, 2.05) is 6.92 Å². The lowest BCUT2D eigenvalue weighted by atomic mass is 10.1. The first-order valence-corrected chi connectivity index (χ1v) is 6.61. The lowest BCUT2D eigenvalue weighted by Gasteiger charge is -2.30. The Bertz CT molecular complexity index is 458. The summed E-state index contributed by atoms with van der Waals surface area (Å²) in [6.07, 6.45) is 1.82. The minimum Gasteiger partial charge on any atom is -0.391 e. The van der Waals surface area contributed by atoms with Gasteiger partial charge in [0.2, 0.25) is 0 Å². The molecule has 1 fully saturated rings. The highest BCUT2D eigenvalue weighted by Gasteiger charge is 2.28. The molecule has 1 N–H and O–H groups in total. The zero-order chi connectivity index (χ0) is 13.3. The zero-order valence-electron chi connectivity index (χ0n) is 10.7. The van der Waals surface area contributed by atoms with Gasteiger partial charge in [-0.25, -0.2) is 0 Å². The molecule has 5 nitrogen and oxygen atoms in total. The summed E-state index contributed by atoms with van der Waals surface area (Å²) in [6.45, 7) is 3.00. The van der Waals surface area contributed by atoms with E-state index in [4.69, 9.17) is 11.6 Å². The summed E-state index contributed by atoms with van der Waals surface area (Å²) in [5.41, 5.74) is 1.20. The van der Waals surface area contributed by atoms with Crippen molar-refractivity contribution >= 4 is 17.5 Å². The number of aryl methyl sites for hydroxylation is 2. The number of β-amino-alcohol motifs (C(OH)–C–C–N with tert-alkyl or cyclic N) is 1. The summed E-state index contributed by atoms with van der Waals surface area (Å²) in [5, 5.41) is 14.2. The summed E-state index contributed by atoms with van der Waals surface area (Å²) in [5.74, 6) is -0.122. The molecule has 0 aromatic carbocycles. The first-order chi connectivity index (χ1) is 8.54. The number of rotatable bonds is 2. The van der Waals surface area contributed by atoms with Gasteiger partial charge >= 0.3 is 0 Å². The second kappa shape index (κ2) is 5.28. The van der Waals surface area contributed by atoms with E-state index < -0.39 is 6.10 Å². The molecule has 1 atom stereocenters. The van der Waals surface area contributed by atoms with Crippen LogP contribution in [0.5, 0.6) is 0 Å². The molecule has 0 bridgehead atoms. The lowest BCUT2D eigenvalue weighted by Crippen LogP contribution is -2.42. The number of amides is 1. The molecule has 1 aromatic heterocycles. The van der Waals surface area contributed by atoms with E-state index in [1.165, 1.54) is 4.68 Å². The third kappa shape index (κ3) is 2.37. The number of aliphatic hydroxyl groups is 1. The molecular formula is C12H18ClN3O2. The average Bonchev–Trinajstić information content (AvgIpc) is 2.64. The summed E-state index contributed by atoms with van der Waals surface area (Å²) in [4.78, 5) is 14.1. The fraction of sp³-hybridized carbons (Fsp3) is 0.667. The third-order valence-corrected chi connectivity index (χ3v) is 3.72. The van der Waals surface area contributed by atoms with E-state index in [0.29, 0.717) is 35.9 Å². The van der Waals surface area contributed by atoms with Gasteiger partial charge in [-0.05, 0) is 19.3 Å². The van der Waals surface area contributed by atoms with Gasteiger partial charge in [0.05, 0.1) is 17.4 Å². The van der Waals surface area contributed by atoms with Crippen molar-refractivity contribution in [1.29, 1.82) is 0 Å². The number of hydrogen-bond donors (Lipinski definition) is 1. The number of carbonyl (C=O) groups is 1. The van der Waals surface area contributed by atoms with Crippen LogP contribution in [0.2, 0.25) is 5.15 Å². The molecule has 1 unspecified atom stereocenters. The maximum atomic E-state index is 12.4. The Morgan fingerprint density at radius 1 is 1.61 bits per heavy atom. The van der Waals surface area contributed by atoms with Crippen LogP contribution in [0, 0.1) is 0 Å². The fourth-order valence-electron chi connectivity index (χ4n) is 2.31. The number of likely N-dealkylation sites (tertiary alicyclic amines) is 1. The number of nitrogens with zero attached hydrogens (tertiary/aromatic N) is 3. The standard InChI is InChI=1S/C12H18ClN3O2/c1-3-9-10(11(13)15(2)14-9)12(18)16-6-4-5-8(17)7-16/h8,17H,3-7H2,1-2H3. The molecule has 1 saturated heterocycles. The van der Waals surface area contributed by atoms with E-state index in [-0.39, 0.29) is 5.91 Å². The highest BCUT2D eigenvalue weighted by atomic mass is 35.5. The largest absolute Gasteiger partial charge is 0.391 e. The number of carbonyl (C=O) groups excluding carboxylic acids is 1. The average molecular weight is 272 g/mol. The van der Waals surface area contributed by atoms with Gasteiger partial charge < -0.3 is 10.0 Å². The fourth-order valence-corrected chi connectivity index (χ4v) is 2.54. The van der Waals surface area contributed by atoms with Crippen molar-refractivity contribution in [3.63, 3.8) is 0 Å². The van der Waals surface area contributed by atoms with Crippen LogP contribution in [0.4, 0.5) is 0 Å². The van der Waals surface area contributed by atoms with Crippen LogP contribution >= 0.6 is 11.6 Å². The van der Waals surface area contributed by atoms with Crippen LogP contribution in [-0.4, -0.2) is 44.9 Å². The molecule has 2 heterocycles. The predicted octanol–water partition coefficient (Wildman–Crippen LogP) is 1.23. The second-order valence-corrected chi connectivity index (χ2v) is 4.99. The molecule has 1 aliphatic heterocycles. The monoisotopic (exact) mass is 271 g/mol. The quantitative estimate of drug-likeness (QED) is 0.880. The van der Waals surface area contributed by atoms with Gasteiger partial charge in [-0.1, -0.05) is 18.5 Å². The first-order valence-electron chi connectivity index (χ1n) is 6.23. The summed E-state index contributed by atoms with van der Waals surface area (Å²) in [6, 6.07) is 0. The number of hydrogen-bond acceptors (Lipinski definition) is 3. The highest BCUT2D eigenvalue weighted by molar-refractivity contribution is 6.33. The second-order valence-electron chi connectivity index (χ2n) is 4.64. The van der Waals surface area contributed by atoms with Crippen molar-refractivity contribution in [3.8, 4) is 0 Å². The van der Waals surface area contributed by atoms with Crippen LogP contribution in [0.3, 0.4) is 0 Å². The van der Waals surface area contributed by atoms with E-state index in [1.54, 1.807) is 11.9 Å². The first kappa shape index (κ1) is 13.4. The lowest BCUT2D eigenvalue weighted by molar-refractivity contribution is 0.0473. The van der Waals surface area contributed by atoms with Crippen molar-refractivity contribution in [1.82, 2.24) is 14.7 Å². The van der Waals surface area contributed by atoms with Crippen molar-refractivity contribution in [3.05, 3.63) is 16.4 Å². The van der Waals surface area contributed by atoms with Crippen molar-refractivity contribution < 1.29 is 9.90 Å². The van der Waals surface area contributed by atoms with Crippen LogP contribution in [0.15, 0.2) is 0 Å². The molecule has 100 valence electrons. The van der Waals surface area contributed by atoms with E-state index in [9.17, 15) is 9.90 Å². The summed E-state index contributed by atoms with van der Waals surface area (Å²) in [7, 11) is 1.73. The smallest absolute Gasteiger partial charge is 0.258 e. The number of aromatic nitrogens is 2. The topological polar surface area (TPSA) is 58.4 Å². The Balaban J connectivity index is 2.27. The normalized spacial score (nSPS) is 20.2. The zero-order valence-corrected chi connectivity index (χ0v) is 11.4. The van der Waals surface area contributed by atoms with Crippen molar-refractivity contribution in [2.45, 2.75) is 32.3 Å². The molecule has 1 aliphatic rings. The van der Waals surface area contributed by atoms with Crippen LogP contribution < -0.4 is 0 Å². The molecule has 0 saturated carbocycles. The van der Waals surface area contributed by atoms with Crippen molar-refractivity contribution in [2.24, 2.45) is 7.05 Å². The van der Waals surface area contributed by atoms with Gasteiger partial charge in [-0.3, -0.25) is 9.48 Å². The van der Waals surface area contributed by atoms with E-state index in [0.717, 1.165) is 12.8 Å². The summed E-state index contributed by atoms with van der Waals surface area (Å²) >= 11 is 6.13. The number of piperidine rings is 1. The molecule has 0 aliphatic carbocycles. The molecule has 6 heteroatoms. The molecule has 1 amide bonds. The minimum atomic E-state index is -0.428. The maximum absolute atomic E-state index is 12.4. The van der Waals surface area contributed by atoms with Gasteiger partial charge in [0, 0.05) is 20.1 Å². The Morgan fingerprint density at radius 2 is 2.33 bits per heavy atom. The van der Waals surface area contributed by atoms with Gasteiger partial charge in [0.1, 0.15) is 5.15 Å². The highest BCUT2D eigenvalue weighted by Crippen LogP contribution is 2.23. The van der Waals surface area contributed by atoms with Gasteiger partial charge in [-0.2, -0.15) is 5.10 Å². The van der Waals surface area contributed by atoms with Crippen LogP contribution in [0.25, 0.3) is 0 Å². The predicted molar refractivity (Wildman–Crippen MR) is 68.7 cm³/mol. The molecule has 2 rings (SSSR count). The summed E-state index contributed by atoms with van der Waals surface area (Å²) < 4.78 is 1.52. The van der Waals surface area contributed by atoms with E-state index >= 15 is 0 Å². The number of aliphatic hydroxyl groups excluding tert-OH is 1. The van der Waals surface area contributed by atoms with Gasteiger partial charge in [-0.15, -0.1) is 0 Å². The Morgan fingerprint density at radius 3 is 2.94 bits per heavy atom. The third-order valence-electron chi connectivity index (χ3n) is 3.28. The van der Waals surface area contributed by atoms with E-state index in [2.05, 4.69) is 5.10 Å². The molecule has 1 aromatic rings. The number of halogens is 1. The Labute approximate surface area is 111 Å². The van der Waals surface area contributed by atoms with Crippen LogP contribution in [0.1, 0.15) is 35.8 Å². The maximum Gasteiger partial charge on any atom is 0.258 e. The van der Waals surface area contributed by atoms with Crippen LogP contribution in [-0.2, 0) is 13.5 Å². The minimum absolute atomic E-state index is 0.122. The molecular weight excluding hydrogens is 254 g/mol. The molecule has 18 heavy (non-hydrogen) atoms. The van der Waals surface area contributed by atoms with Gasteiger partial charge in [0.15, 0.2) is 0 Å².